The molecule has 0 saturated heterocycles. The Labute approximate surface area is 139 Å². The Morgan fingerprint density at radius 3 is 2.48 bits per heavy atom. The molecule has 0 spiro atoms. The van der Waals surface area contributed by atoms with Gasteiger partial charge in [-0.05, 0) is 72.5 Å². The maximum atomic E-state index is 12.5. The van der Waals surface area contributed by atoms with E-state index in [4.69, 9.17) is 5.73 Å². The van der Waals surface area contributed by atoms with Gasteiger partial charge in [0, 0.05) is 21.5 Å². The van der Waals surface area contributed by atoms with Crippen molar-refractivity contribution >= 4 is 43.4 Å². The van der Waals surface area contributed by atoms with Gasteiger partial charge in [-0.25, -0.2) is 13.1 Å². The van der Waals surface area contributed by atoms with Crippen molar-refractivity contribution in [2.45, 2.75) is 48.8 Å². The number of rotatable bonds is 4. The Bertz CT molecular complexity index is 612. The standard InChI is InChI=1S/C14H21BrN2O2S2/c1-9-7-12(15)13(16)8-14(9)21(18,19)17-10-3-5-11(20-2)6-4-10/h7-8,10-11,17H,3-6,16H2,1-2H3. The number of hydrogen-bond acceptors (Lipinski definition) is 4. The molecule has 1 aromatic rings. The first kappa shape index (κ1) is 17.1. The van der Waals surface area contributed by atoms with E-state index in [1.54, 1.807) is 13.0 Å². The molecule has 4 nitrogen and oxygen atoms in total. The number of nitrogens with one attached hydrogen (secondary N) is 1. The van der Waals surface area contributed by atoms with Crippen LogP contribution in [0.3, 0.4) is 0 Å². The molecule has 0 radical (unpaired) electrons. The molecule has 0 atom stereocenters. The van der Waals surface area contributed by atoms with Crippen molar-refractivity contribution in [3.05, 3.63) is 22.2 Å². The van der Waals surface area contributed by atoms with E-state index >= 15 is 0 Å². The van der Waals surface area contributed by atoms with E-state index in [0.717, 1.165) is 30.2 Å². The summed E-state index contributed by atoms with van der Waals surface area (Å²) in [6.07, 6.45) is 6.04. The van der Waals surface area contributed by atoms with E-state index in [2.05, 4.69) is 26.9 Å². The van der Waals surface area contributed by atoms with Gasteiger partial charge in [0.05, 0.1) is 4.90 Å². The van der Waals surface area contributed by atoms with Gasteiger partial charge >= 0.3 is 0 Å². The fourth-order valence-electron chi connectivity index (χ4n) is 2.66. The Balaban J connectivity index is 2.14. The molecule has 0 aliphatic heterocycles. The lowest BCUT2D eigenvalue weighted by molar-refractivity contribution is 0.420. The van der Waals surface area contributed by atoms with Crippen LogP contribution in [-0.2, 0) is 10.0 Å². The smallest absolute Gasteiger partial charge is 0.241 e. The van der Waals surface area contributed by atoms with Crippen LogP contribution in [0.2, 0.25) is 0 Å². The highest BCUT2D eigenvalue weighted by Gasteiger charge is 2.26. The first-order chi connectivity index (χ1) is 9.83. The predicted octanol–water partition coefficient (Wildman–Crippen LogP) is 3.29. The van der Waals surface area contributed by atoms with Crippen molar-refractivity contribution < 1.29 is 8.42 Å². The Hall–Kier alpha value is -0.240. The van der Waals surface area contributed by atoms with Crippen LogP contribution in [0.5, 0.6) is 0 Å². The molecule has 2 rings (SSSR count). The molecule has 0 heterocycles. The van der Waals surface area contributed by atoms with Gasteiger partial charge in [-0.15, -0.1) is 0 Å². The molecular formula is C14H21BrN2O2S2. The average Bonchev–Trinajstić information content (AvgIpc) is 2.43. The molecule has 118 valence electrons. The number of aryl methyl sites for hydroxylation is 1. The van der Waals surface area contributed by atoms with Gasteiger partial charge in [-0.1, -0.05) is 0 Å². The average molecular weight is 393 g/mol. The molecule has 1 aliphatic rings. The van der Waals surface area contributed by atoms with Crippen LogP contribution in [0.25, 0.3) is 0 Å². The first-order valence-electron chi connectivity index (χ1n) is 6.94. The summed E-state index contributed by atoms with van der Waals surface area (Å²) < 4.78 is 28.7. The minimum absolute atomic E-state index is 0.0303. The van der Waals surface area contributed by atoms with E-state index in [1.165, 1.54) is 6.07 Å². The second-order valence-corrected chi connectivity index (χ2v) is 9.14. The molecule has 21 heavy (non-hydrogen) atoms. The Morgan fingerprint density at radius 2 is 1.90 bits per heavy atom. The maximum absolute atomic E-state index is 12.5. The summed E-state index contributed by atoms with van der Waals surface area (Å²) in [4.78, 5) is 0.273. The summed E-state index contributed by atoms with van der Waals surface area (Å²) >= 11 is 5.19. The summed E-state index contributed by atoms with van der Waals surface area (Å²) in [7, 11) is -3.51. The normalized spacial score (nSPS) is 23.2. The third kappa shape index (κ3) is 4.15. The summed E-state index contributed by atoms with van der Waals surface area (Å²) in [5.41, 5.74) is 6.95. The lowest BCUT2D eigenvalue weighted by atomic mass is 9.96. The third-order valence-corrected chi connectivity index (χ3v) is 7.40. The second-order valence-electron chi connectivity index (χ2n) is 5.47. The van der Waals surface area contributed by atoms with Gasteiger partial charge in [0.2, 0.25) is 10.0 Å². The number of sulfonamides is 1. The quantitative estimate of drug-likeness (QED) is 0.770. The number of nitrogen functional groups attached to an aromatic ring is 1. The van der Waals surface area contributed by atoms with Crippen molar-refractivity contribution in [1.82, 2.24) is 4.72 Å². The van der Waals surface area contributed by atoms with E-state index < -0.39 is 10.0 Å². The minimum atomic E-state index is -3.51. The van der Waals surface area contributed by atoms with Crippen molar-refractivity contribution in [3.63, 3.8) is 0 Å². The second kappa shape index (κ2) is 6.89. The topological polar surface area (TPSA) is 72.2 Å². The fourth-order valence-corrected chi connectivity index (χ4v) is 5.43. The molecule has 0 amide bonds. The lowest BCUT2D eigenvalue weighted by Gasteiger charge is -2.28. The van der Waals surface area contributed by atoms with Crippen LogP contribution in [0.4, 0.5) is 5.69 Å². The van der Waals surface area contributed by atoms with Gasteiger partial charge in [0.25, 0.3) is 0 Å². The highest BCUT2D eigenvalue weighted by atomic mass is 79.9. The van der Waals surface area contributed by atoms with Crippen LogP contribution in [0.15, 0.2) is 21.5 Å². The van der Waals surface area contributed by atoms with E-state index in [9.17, 15) is 8.42 Å². The van der Waals surface area contributed by atoms with Crippen molar-refractivity contribution in [1.29, 1.82) is 0 Å². The number of halogens is 1. The van der Waals surface area contributed by atoms with Crippen LogP contribution in [-0.4, -0.2) is 26.0 Å². The van der Waals surface area contributed by atoms with Gasteiger partial charge in [-0.3, -0.25) is 0 Å². The van der Waals surface area contributed by atoms with Gasteiger partial charge < -0.3 is 5.73 Å². The minimum Gasteiger partial charge on any atom is -0.398 e. The van der Waals surface area contributed by atoms with E-state index in [1.807, 2.05) is 11.8 Å². The SMILES string of the molecule is CSC1CCC(NS(=O)(=O)c2cc(N)c(Br)cc2C)CC1. The Morgan fingerprint density at radius 1 is 1.29 bits per heavy atom. The number of anilines is 1. The fraction of sp³-hybridized carbons (Fsp3) is 0.571. The zero-order valence-corrected chi connectivity index (χ0v) is 15.4. The lowest BCUT2D eigenvalue weighted by Crippen LogP contribution is -2.38. The number of hydrogen-bond donors (Lipinski definition) is 2. The summed E-state index contributed by atoms with van der Waals surface area (Å²) in [5, 5.41) is 0.663. The third-order valence-electron chi connectivity index (χ3n) is 3.91. The monoisotopic (exact) mass is 392 g/mol. The van der Waals surface area contributed by atoms with Crippen LogP contribution in [0.1, 0.15) is 31.2 Å². The molecule has 0 bridgehead atoms. The summed E-state index contributed by atoms with van der Waals surface area (Å²) in [6.45, 7) is 1.78. The zero-order chi connectivity index (χ0) is 15.6. The molecule has 1 aliphatic carbocycles. The largest absolute Gasteiger partial charge is 0.398 e. The van der Waals surface area contributed by atoms with Crippen LogP contribution < -0.4 is 10.5 Å². The maximum Gasteiger partial charge on any atom is 0.241 e. The van der Waals surface area contributed by atoms with Crippen LogP contribution >= 0.6 is 27.7 Å². The predicted molar refractivity (Wildman–Crippen MR) is 93.2 cm³/mol. The highest BCUT2D eigenvalue weighted by Crippen LogP contribution is 2.30. The molecule has 0 aromatic heterocycles. The molecular weight excluding hydrogens is 372 g/mol. The van der Waals surface area contributed by atoms with Crippen molar-refractivity contribution in [2.24, 2.45) is 0 Å². The Kier molecular flexibility index (Phi) is 5.62. The molecule has 1 fully saturated rings. The molecule has 7 heteroatoms. The molecule has 3 N–H and O–H groups in total. The summed E-state index contributed by atoms with van der Waals surface area (Å²) in [6, 6.07) is 3.30. The van der Waals surface area contributed by atoms with Gasteiger partial charge in [-0.2, -0.15) is 11.8 Å². The first-order valence-corrected chi connectivity index (χ1v) is 10.5. The molecule has 1 aromatic carbocycles. The van der Waals surface area contributed by atoms with E-state index in [-0.39, 0.29) is 10.9 Å². The van der Waals surface area contributed by atoms with Crippen molar-refractivity contribution in [3.8, 4) is 0 Å². The van der Waals surface area contributed by atoms with Gasteiger partial charge in [0.15, 0.2) is 0 Å². The zero-order valence-electron chi connectivity index (χ0n) is 12.2. The molecule has 1 saturated carbocycles. The number of nitrogens with two attached hydrogens (primary N) is 1. The van der Waals surface area contributed by atoms with Crippen LogP contribution in [0, 0.1) is 6.92 Å². The number of thioether (sulfide) groups is 1. The summed E-state index contributed by atoms with van der Waals surface area (Å²) in [5.74, 6) is 0. The number of benzene rings is 1. The highest BCUT2D eigenvalue weighted by molar-refractivity contribution is 9.10. The molecule has 0 unspecified atom stereocenters. The van der Waals surface area contributed by atoms with Crippen molar-refractivity contribution in [2.75, 3.05) is 12.0 Å². The van der Waals surface area contributed by atoms with Gasteiger partial charge in [0.1, 0.15) is 0 Å². The van der Waals surface area contributed by atoms with E-state index in [0.29, 0.717) is 16.5 Å².